The van der Waals surface area contributed by atoms with Gasteiger partial charge >= 0.3 is 0 Å². The molecule has 0 aliphatic heterocycles. The lowest BCUT2D eigenvalue weighted by Gasteiger charge is -2.15. The maximum absolute atomic E-state index is 5.81. The van der Waals surface area contributed by atoms with Crippen molar-refractivity contribution >= 4 is 0 Å². The van der Waals surface area contributed by atoms with Crippen LogP contribution in [0.25, 0.3) is 0 Å². The Hall–Kier alpha value is -1.66. The van der Waals surface area contributed by atoms with Crippen molar-refractivity contribution in [3.05, 3.63) is 23.8 Å². The molecule has 0 spiro atoms. The van der Waals surface area contributed by atoms with Gasteiger partial charge in [-0.15, -0.1) is 12.3 Å². The summed E-state index contributed by atoms with van der Waals surface area (Å²) in [6.45, 7) is 2.45. The fourth-order valence-corrected chi connectivity index (χ4v) is 1.61. The van der Waals surface area contributed by atoms with Crippen LogP contribution in [0.15, 0.2) is 18.2 Å². The summed E-state index contributed by atoms with van der Waals surface area (Å²) < 4.78 is 11.0. The molecule has 0 aromatic heterocycles. The highest BCUT2D eigenvalue weighted by Crippen LogP contribution is 2.31. The minimum absolute atomic E-state index is 0.0806. The van der Waals surface area contributed by atoms with Crippen LogP contribution in [-0.4, -0.2) is 19.8 Å². The fraction of sp³-hybridized carbons (Fsp3) is 0.429. The summed E-state index contributed by atoms with van der Waals surface area (Å²) >= 11 is 0. The zero-order valence-electron chi connectivity index (χ0n) is 10.4. The smallest absolute Gasteiger partial charge is 0.164 e. The van der Waals surface area contributed by atoms with Crippen molar-refractivity contribution in [2.24, 2.45) is 5.73 Å². The number of para-hydroxylation sites is 1. The second-order valence-corrected chi connectivity index (χ2v) is 3.93. The summed E-state index contributed by atoms with van der Waals surface area (Å²) in [6, 6.07) is 5.88. The van der Waals surface area contributed by atoms with Gasteiger partial charge in [-0.1, -0.05) is 12.1 Å². The van der Waals surface area contributed by atoms with Crippen molar-refractivity contribution in [1.29, 1.82) is 0 Å². The molecule has 0 saturated carbocycles. The number of methoxy groups -OCH3 is 1. The molecule has 0 bridgehead atoms. The van der Waals surface area contributed by atoms with Crippen LogP contribution in [0.5, 0.6) is 11.5 Å². The van der Waals surface area contributed by atoms with E-state index in [9.17, 15) is 0 Å². The molecule has 92 valence electrons. The molecular formula is C14H19NO2. The third-order valence-electron chi connectivity index (χ3n) is 2.32. The lowest BCUT2D eigenvalue weighted by atomic mass is 10.1. The summed E-state index contributed by atoms with van der Waals surface area (Å²) in [5, 5.41) is 0. The van der Waals surface area contributed by atoms with Gasteiger partial charge in [-0.3, -0.25) is 0 Å². The molecule has 0 radical (unpaired) electrons. The van der Waals surface area contributed by atoms with Crippen molar-refractivity contribution in [2.45, 2.75) is 25.8 Å². The second kappa shape index (κ2) is 6.82. The van der Waals surface area contributed by atoms with Crippen LogP contribution in [0, 0.1) is 12.3 Å². The van der Waals surface area contributed by atoms with Gasteiger partial charge < -0.3 is 15.2 Å². The highest BCUT2D eigenvalue weighted by molar-refractivity contribution is 5.47. The summed E-state index contributed by atoms with van der Waals surface area (Å²) in [5.74, 6) is 4.02. The molecule has 17 heavy (non-hydrogen) atoms. The Morgan fingerprint density at radius 1 is 1.47 bits per heavy atom. The van der Waals surface area contributed by atoms with Crippen LogP contribution in [-0.2, 0) is 6.42 Å². The molecule has 0 aliphatic rings. The van der Waals surface area contributed by atoms with Gasteiger partial charge in [0.15, 0.2) is 11.5 Å². The average Bonchev–Trinajstić information content (AvgIpc) is 2.30. The number of ether oxygens (including phenoxy) is 2. The summed E-state index contributed by atoms with van der Waals surface area (Å²) in [5.41, 5.74) is 6.86. The first-order valence-corrected chi connectivity index (χ1v) is 5.66. The van der Waals surface area contributed by atoms with Gasteiger partial charge in [0, 0.05) is 12.5 Å². The molecule has 1 rings (SSSR count). The van der Waals surface area contributed by atoms with Gasteiger partial charge in [0.05, 0.1) is 13.7 Å². The summed E-state index contributed by atoms with van der Waals surface area (Å²) in [4.78, 5) is 0. The topological polar surface area (TPSA) is 44.5 Å². The third-order valence-corrected chi connectivity index (χ3v) is 2.32. The number of benzene rings is 1. The molecule has 0 fully saturated rings. The quantitative estimate of drug-likeness (QED) is 0.603. The number of terminal acetylenes is 1. The van der Waals surface area contributed by atoms with E-state index < -0.39 is 0 Å². The maximum atomic E-state index is 5.81. The molecule has 0 aliphatic carbocycles. The zero-order valence-corrected chi connectivity index (χ0v) is 10.4. The van der Waals surface area contributed by atoms with Crippen molar-refractivity contribution in [3.63, 3.8) is 0 Å². The Morgan fingerprint density at radius 2 is 2.24 bits per heavy atom. The lowest BCUT2D eigenvalue weighted by Crippen LogP contribution is -2.18. The minimum Gasteiger partial charge on any atom is -0.493 e. The molecular weight excluding hydrogens is 214 g/mol. The SMILES string of the molecule is C#CCCOc1c(CC(C)N)cccc1OC. The number of rotatable bonds is 6. The first kappa shape index (κ1) is 13.4. The highest BCUT2D eigenvalue weighted by Gasteiger charge is 2.11. The standard InChI is InChI=1S/C14H19NO2/c1-4-5-9-17-14-12(10-11(2)15)7-6-8-13(14)16-3/h1,6-8,11H,5,9-10,15H2,2-3H3. The Labute approximate surface area is 103 Å². The van der Waals surface area contributed by atoms with Crippen LogP contribution in [0.4, 0.5) is 0 Å². The van der Waals surface area contributed by atoms with Gasteiger partial charge in [0.1, 0.15) is 0 Å². The van der Waals surface area contributed by atoms with E-state index in [1.807, 2.05) is 25.1 Å². The Balaban J connectivity index is 2.90. The molecule has 0 heterocycles. The minimum atomic E-state index is 0.0806. The van der Waals surface area contributed by atoms with Gasteiger partial charge in [0.25, 0.3) is 0 Å². The van der Waals surface area contributed by atoms with Crippen LogP contribution in [0.2, 0.25) is 0 Å². The largest absolute Gasteiger partial charge is 0.493 e. The van der Waals surface area contributed by atoms with Crippen molar-refractivity contribution in [1.82, 2.24) is 0 Å². The molecule has 1 atom stereocenters. The third kappa shape index (κ3) is 4.01. The van der Waals surface area contributed by atoms with E-state index in [4.69, 9.17) is 21.6 Å². The summed E-state index contributed by atoms with van der Waals surface area (Å²) in [7, 11) is 1.62. The van der Waals surface area contributed by atoms with E-state index in [2.05, 4.69) is 5.92 Å². The monoisotopic (exact) mass is 233 g/mol. The van der Waals surface area contributed by atoms with Crippen LogP contribution in [0.1, 0.15) is 18.9 Å². The van der Waals surface area contributed by atoms with E-state index in [1.54, 1.807) is 7.11 Å². The van der Waals surface area contributed by atoms with Gasteiger partial charge in [-0.25, -0.2) is 0 Å². The first-order valence-electron chi connectivity index (χ1n) is 5.66. The van der Waals surface area contributed by atoms with E-state index in [-0.39, 0.29) is 6.04 Å². The van der Waals surface area contributed by atoms with E-state index in [0.717, 1.165) is 23.5 Å². The molecule has 3 nitrogen and oxygen atoms in total. The second-order valence-electron chi connectivity index (χ2n) is 3.93. The normalized spacial score (nSPS) is 11.6. The van der Waals surface area contributed by atoms with Crippen LogP contribution >= 0.6 is 0 Å². The van der Waals surface area contributed by atoms with E-state index in [1.165, 1.54) is 0 Å². The van der Waals surface area contributed by atoms with Gasteiger partial charge in [-0.05, 0) is 25.0 Å². The van der Waals surface area contributed by atoms with Crippen molar-refractivity contribution in [3.8, 4) is 23.8 Å². The Morgan fingerprint density at radius 3 is 2.82 bits per heavy atom. The van der Waals surface area contributed by atoms with Crippen molar-refractivity contribution < 1.29 is 9.47 Å². The first-order chi connectivity index (χ1) is 8.19. The molecule has 2 N–H and O–H groups in total. The fourth-order valence-electron chi connectivity index (χ4n) is 1.61. The zero-order chi connectivity index (χ0) is 12.7. The highest BCUT2D eigenvalue weighted by atomic mass is 16.5. The van der Waals surface area contributed by atoms with E-state index in [0.29, 0.717) is 13.0 Å². The van der Waals surface area contributed by atoms with Crippen LogP contribution in [0.3, 0.4) is 0 Å². The number of nitrogens with two attached hydrogens (primary N) is 1. The predicted molar refractivity (Wildman–Crippen MR) is 69.3 cm³/mol. The van der Waals surface area contributed by atoms with E-state index >= 15 is 0 Å². The van der Waals surface area contributed by atoms with Gasteiger partial charge in [0.2, 0.25) is 0 Å². The molecule has 3 heteroatoms. The predicted octanol–water partition coefficient (Wildman–Crippen LogP) is 1.99. The molecule has 0 saturated heterocycles. The molecule has 1 unspecified atom stereocenters. The number of hydrogen-bond donors (Lipinski definition) is 1. The molecule has 1 aromatic carbocycles. The average molecular weight is 233 g/mol. The summed E-state index contributed by atoms with van der Waals surface area (Å²) in [6.07, 6.45) is 6.53. The maximum Gasteiger partial charge on any atom is 0.164 e. The Kier molecular flexibility index (Phi) is 5.38. The lowest BCUT2D eigenvalue weighted by molar-refractivity contribution is 0.298. The number of hydrogen-bond acceptors (Lipinski definition) is 3. The van der Waals surface area contributed by atoms with Crippen molar-refractivity contribution in [2.75, 3.05) is 13.7 Å². The Bertz CT molecular complexity index is 394. The van der Waals surface area contributed by atoms with Crippen LogP contribution < -0.4 is 15.2 Å². The molecule has 0 amide bonds. The van der Waals surface area contributed by atoms with Gasteiger partial charge in [-0.2, -0.15) is 0 Å². The molecule has 1 aromatic rings.